The number of benzene rings is 2. The molecule has 36 heavy (non-hydrogen) atoms. The minimum Gasteiger partial charge on any atom is -0.490 e. The molecule has 1 aliphatic heterocycles. The number of hydrogen-bond acceptors (Lipinski definition) is 8. The number of aliphatic hydroxyl groups is 1. The summed E-state index contributed by atoms with van der Waals surface area (Å²) in [5, 5.41) is 12.0. The Morgan fingerprint density at radius 2 is 1.75 bits per heavy atom. The highest BCUT2D eigenvalue weighted by molar-refractivity contribution is 8.16. The Hall–Kier alpha value is -3.69. The molecule has 1 fully saturated rings. The second-order valence-corrected chi connectivity index (χ2v) is 9.60. The predicted octanol–water partition coefficient (Wildman–Crippen LogP) is 3.76. The minimum absolute atomic E-state index is 0.00537. The number of imide groups is 1. The molecule has 2 heterocycles. The highest BCUT2D eigenvalue weighted by atomic mass is 32.2. The molecule has 1 saturated heterocycles. The third-order valence-corrected chi connectivity index (χ3v) is 6.91. The fourth-order valence-electron chi connectivity index (χ4n) is 3.68. The zero-order chi connectivity index (χ0) is 25.5. The maximum absolute atomic E-state index is 13.0. The normalized spacial score (nSPS) is 17.9. The van der Waals surface area contributed by atoms with Crippen molar-refractivity contribution < 1.29 is 29.0 Å². The van der Waals surface area contributed by atoms with E-state index in [1.807, 2.05) is 31.2 Å². The predicted molar refractivity (Wildman–Crippen MR) is 134 cm³/mol. The van der Waals surface area contributed by atoms with E-state index in [4.69, 9.17) is 9.47 Å². The van der Waals surface area contributed by atoms with Gasteiger partial charge in [0.25, 0.3) is 11.1 Å². The van der Waals surface area contributed by atoms with Gasteiger partial charge in [-0.1, -0.05) is 55.5 Å². The molecule has 8 nitrogen and oxygen atoms in total. The number of aliphatic hydroxyl groups excluding tert-OH is 1. The molecular weight excluding hydrogens is 480 g/mol. The largest absolute Gasteiger partial charge is 0.490 e. The number of carbonyl (C=O) groups is 3. The number of nitrogens with one attached hydrogen (secondary N) is 1. The van der Waals surface area contributed by atoms with Crippen molar-refractivity contribution in [1.82, 2.24) is 10.3 Å². The van der Waals surface area contributed by atoms with E-state index in [0.717, 1.165) is 17.5 Å². The molecule has 0 radical (unpaired) electrons. The average Bonchev–Trinajstić information content (AvgIpc) is 3.20. The number of thioether (sulfide) groups is 1. The van der Waals surface area contributed by atoms with Crippen LogP contribution in [0.4, 0.5) is 4.79 Å². The van der Waals surface area contributed by atoms with Gasteiger partial charge in [-0.2, -0.15) is 0 Å². The lowest BCUT2D eigenvalue weighted by Crippen LogP contribution is -2.46. The summed E-state index contributed by atoms with van der Waals surface area (Å²) in [6.45, 7) is 2.04. The first-order chi connectivity index (χ1) is 17.4. The van der Waals surface area contributed by atoms with Crippen molar-refractivity contribution in [3.63, 3.8) is 0 Å². The molecule has 1 aromatic heterocycles. The lowest BCUT2D eigenvalue weighted by atomic mass is 9.97. The number of amides is 2. The summed E-state index contributed by atoms with van der Waals surface area (Å²) < 4.78 is 9.39. The molecule has 1 unspecified atom stereocenters. The van der Waals surface area contributed by atoms with Gasteiger partial charge in [-0.05, 0) is 53.1 Å². The van der Waals surface area contributed by atoms with Crippen LogP contribution >= 0.6 is 11.8 Å². The van der Waals surface area contributed by atoms with E-state index < -0.39 is 28.0 Å². The highest BCUT2D eigenvalue weighted by Gasteiger charge is 2.55. The number of aromatic nitrogens is 1. The zero-order valence-corrected chi connectivity index (χ0v) is 20.5. The summed E-state index contributed by atoms with van der Waals surface area (Å²) in [5.74, 6) is -0.964. The molecule has 2 amide bonds. The number of ether oxygens (including phenoxy) is 2. The summed E-state index contributed by atoms with van der Waals surface area (Å²) in [4.78, 5) is 41.9. The second-order valence-electron chi connectivity index (χ2n) is 8.32. The number of nitrogens with zero attached hydrogens (tertiary/aromatic N) is 1. The lowest BCUT2D eigenvalue weighted by molar-refractivity contribution is -0.150. The van der Waals surface area contributed by atoms with E-state index in [2.05, 4.69) is 10.3 Å². The van der Waals surface area contributed by atoms with Crippen LogP contribution in [0.2, 0.25) is 0 Å². The molecule has 186 valence electrons. The van der Waals surface area contributed by atoms with E-state index in [-0.39, 0.29) is 19.6 Å². The Balaban J connectivity index is 1.39. The van der Waals surface area contributed by atoms with Crippen molar-refractivity contribution in [2.45, 2.75) is 37.2 Å². The fourth-order valence-corrected chi connectivity index (χ4v) is 4.67. The molecule has 2 atom stereocenters. The molecular formula is C27H26N2O6S. The van der Waals surface area contributed by atoms with Crippen LogP contribution < -0.4 is 10.1 Å². The van der Waals surface area contributed by atoms with Crippen molar-refractivity contribution >= 4 is 28.9 Å². The van der Waals surface area contributed by atoms with Gasteiger partial charge in [-0.15, -0.1) is 0 Å². The average molecular weight is 507 g/mol. The second kappa shape index (κ2) is 11.4. The smallest absolute Gasteiger partial charge is 0.333 e. The van der Waals surface area contributed by atoms with Gasteiger partial charge in [0.2, 0.25) is 4.75 Å². The first-order valence-electron chi connectivity index (χ1n) is 11.5. The van der Waals surface area contributed by atoms with Gasteiger partial charge < -0.3 is 14.6 Å². The first kappa shape index (κ1) is 25.4. The Labute approximate surface area is 213 Å². The van der Waals surface area contributed by atoms with Crippen LogP contribution in [0, 0.1) is 0 Å². The lowest BCUT2D eigenvalue weighted by Gasteiger charge is -2.22. The van der Waals surface area contributed by atoms with Crippen LogP contribution in [0.5, 0.6) is 5.75 Å². The molecule has 4 rings (SSSR count). The van der Waals surface area contributed by atoms with Crippen LogP contribution in [-0.2, 0) is 33.8 Å². The van der Waals surface area contributed by atoms with Crippen molar-refractivity contribution in [1.29, 1.82) is 0 Å². The fraction of sp³-hybridized carbons (Fsp3) is 0.259. The van der Waals surface area contributed by atoms with E-state index in [0.29, 0.717) is 28.8 Å². The number of aryl methyl sites for hydroxylation is 1. The van der Waals surface area contributed by atoms with E-state index in [9.17, 15) is 19.5 Å². The summed E-state index contributed by atoms with van der Waals surface area (Å²) in [6.07, 6.45) is 1.69. The Bertz CT molecular complexity index is 1220. The van der Waals surface area contributed by atoms with Crippen LogP contribution in [0.3, 0.4) is 0 Å². The van der Waals surface area contributed by atoms with Crippen LogP contribution in [0.25, 0.3) is 0 Å². The van der Waals surface area contributed by atoms with Crippen molar-refractivity contribution in [3.05, 3.63) is 95.3 Å². The first-order valence-corrected chi connectivity index (χ1v) is 12.3. The molecule has 2 aromatic carbocycles. The summed E-state index contributed by atoms with van der Waals surface area (Å²) in [7, 11) is 0. The third-order valence-electron chi connectivity index (χ3n) is 5.77. The minimum atomic E-state index is -1.71. The van der Waals surface area contributed by atoms with Crippen LogP contribution in [0.1, 0.15) is 35.4 Å². The summed E-state index contributed by atoms with van der Waals surface area (Å²) >= 11 is 0.632. The van der Waals surface area contributed by atoms with Gasteiger partial charge in [0.05, 0.1) is 5.69 Å². The van der Waals surface area contributed by atoms with E-state index in [1.54, 1.807) is 48.7 Å². The number of carbonyl (C=O) groups excluding carboxylic acids is 3. The molecule has 0 spiro atoms. The van der Waals surface area contributed by atoms with Gasteiger partial charge in [0, 0.05) is 12.6 Å². The van der Waals surface area contributed by atoms with E-state index in [1.165, 1.54) is 0 Å². The van der Waals surface area contributed by atoms with Gasteiger partial charge in [0.1, 0.15) is 25.1 Å². The molecule has 2 N–H and O–H groups in total. The van der Waals surface area contributed by atoms with Gasteiger partial charge in [-0.25, -0.2) is 4.79 Å². The molecule has 0 bridgehead atoms. The van der Waals surface area contributed by atoms with Crippen molar-refractivity contribution in [3.8, 4) is 5.75 Å². The molecule has 0 aliphatic carbocycles. The van der Waals surface area contributed by atoms with Gasteiger partial charge in [0.15, 0.2) is 0 Å². The molecule has 9 heteroatoms. The summed E-state index contributed by atoms with van der Waals surface area (Å²) in [6, 6.07) is 19.6. The van der Waals surface area contributed by atoms with Crippen molar-refractivity contribution in [2.24, 2.45) is 0 Å². The third kappa shape index (κ3) is 5.92. The number of hydrogen-bond donors (Lipinski definition) is 2. The maximum atomic E-state index is 13.0. The van der Waals surface area contributed by atoms with Crippen LogP contribution in [-0.4, -0.2) is 38.6 Å². The zero-order valence-electron chi connectivity index (χ0n) is 19.7. The Morgan fingerprint density at radius 3 is 2.36 bits per heavy atom. The Kier molecular flexibility index (Phi) is 8.02. The maximum Gasteiger partial charge on any atom is 0.333 e. The highest BCUT2D eigenvalue weighted by Crippen LogP contribution is 2.37. The quantitative estimate of drug-likeness (QED) is 0.316. The molecule has 3 aromatic rings. The number of rotatable bonds is 10. The Morgan fingerprint density at radius 1 is 1.03 bits per heavy atom. The number of esters is 1. The topological polar surface area (TPSA) is 115 Å². The molecule has 1 aliphatic rings. The number of pyridine rings is 1. The van der Waals surface area contributed by atoms with Gasteiger partial charge in [-0.3, -0.25) is 19.9 Å². The summed E-state index contributed by atoms with van der Waals surface area (Å²) in [5.41, 5.74) is 3.03. The van der Waals surface area contributed by atoms with Crippen LogP contribution in [0.15, 0.2) is 72.9 Å². The van der Waals surface area contributed by atoms with E-state index >= 15 is 0 Å². The standard InChI is InChI=1S/C27H26N2O6S/c1-2-18-10-13-22(28-15-18)23(30)17-34-21-11-8-19(9-12-21)14-27(24(31)29-26(33)36-27)25(32)35-16-20-6-4-3-5-7-20/h3-13,15,23,30H,2,14,16-17H2,1H3,(H,29,31,33)/t23-,27?/m1/s1. The monoisotopic (exact) mass is 506 g/mol. The van der Waals surface area contributed by atoms with Crippen molar-refractivity contribution in [2.75, 3.05) is 6.61 Å². The molecule has 0 saturated carbocycles. The van der Waals surface area contributed by atoms with Gasteiger partial charge >= 0.3 is 5.97 Å². The SMILES string of the molecule is CCc1ccc([C@H](O)COc2ccc(CC3(C(=O)OCc4ccccc4)SC(=O)NC3=O)cc2)nc1.